The molecule has 0 amide bonds. The van der Waals surface area contributed by atoms with Crippen molar-refractivity contribution in [1.29, 1.82) is 0 Å². The van der Waals surface area contributed by atoms with Crippen molar-refractivity contribution in [3.05, 3.63) is 36.6 Å². The molecule has 0 aliphatic heterocycles. The standard InChI is InChI=1S/C10H13F3O/c1-5-8(7(3)4)9(6-2)14-10(11,12)13/h5-7H,1-2H2,3-4H3/b9-8-. The van der Waals surface area contributed by atoms with Crippen molar-refractivity contribution in [2.24, 2.45) is 5.92 Å². The zero-order valence-corrected chi connectivity index (χ0v) is 8.19. The highest BCUT2D eigenvalue weighted by Crippen LogP contribution is 2.26. The molecule has 14 heavy (non-hydrogen) atoms. The Balaban J connectivity index is 5.00. The van der Waals surface area contributed by atoms with Crippen molar-refractivity contribution >= 4 is 0 Å². The van der Waals surface area contributed by atoms with E-state index in [-0.39, 0.29) is 11.7 Å². The summed E-state index contributed by atoms with van der Waals surface area (Å²) in [6, 6.07) is 0. The molecule has 0 fully saturated rings. The monoisotopic (exact) mass is 206 g/mol. The Morgan fingerprint density at radius 1 is 1.21 bits per heavy atom. The van der Waals surface area contributed by atoms with E-state index in [9.17, 15) is 13.2 Å². The molecule has 0 aromatic heterocycles. The van der Waals surface area contributed by atoms with Crippen molar-refractivity contribution in [1.82, 2.24) is 0 Å². The number of ether oxygens (including phenoxy) is 1. The van der Waals surface area contributed by atoms with Gasteiger partial charge in [-0.1, -0.05) is 33.1 Å². The lowest BCUT2D eigenvalue weighted by Gasteiger charge is -2.15. The first-order valence-corrected chi connectivity index (χ1v) is 4.06. The summed E-state index contributed by atoms with van der Waals surface area (Å²) in [5.41, 5.74) is 0.386. The molecule has 0 heterocycles. The Kier molecular flexibility index (Phi) is 4.47. The Bertz CT molecular complexity index is 249. The number of allylic oxidation sites excluding steroid dienone is 3. The molecule has 0 aliphatic carbocycles. The molecule has 0 aromatic rings. The third kappa shape index (κ3) is 4.16. The van der Waals surface area contributed by atoms with Crippen LogP contribution in [0.1, 0.15) is 13.8 Å². The molecule has 0 rings (SSSR count). The Labute approximate surface area is 81.6 Å². The third-order valence-electron chi connectivity index (χ3n) is 1.54. The summed E-state index contributed by atoms with van der Waals surface area (Å²) in [5.74, 6) is -0.384. The first kappa shape index (κ1) is 12.8. The predicted molar refractivity (Wildman–Crippen MR) is 49.4 cm³/mol. The fourth-order valence-corrected chi connectivity index (χ4v) is 0.964. The lowest BCUT2D eigenvalue weighted by molar-refractivity contribution is -0.303. The second kappa shape index (κ2) is 4.88. The van der Waals surface area contributed by atoms with Crippen molar-refractivity contribution in [3.63, 3.8) is 0 Å². The highest BCUT2D eigenvalue weighted by Gasteiger charge is 2.32. The fraction of sp³-hybridized carbons (Fsp3) is 0.400. The number of rotatable bonds is 4. The SMILES string of the molecule is C=C/C(OC(F)(F)F)=C(\C=C)C(C)C. The van der Waals surface area contributed by atoms with E-state index in [4.69, 9.17) is 0 Å². The van der Waals surface area contributed by atoms with E-state index < -0.39 is 6.36 Å². The Morgan fingerprint density at radius 2 is 1.71 bits per heavy atom. The van der Waals surface area contributed by atoms with E-state index in [1.54, 1.807) is 13.8 Å². The summed E-state index contributed by atoms with van der Waals surface area (Å²) in [6.45, 7) is 10.2. The van der Waals surface area contributed by atoms with Crippen LogP contribution in [0.15, 0.2) is 36.6 Å². The molecule has 0 aliphatic rings. The van der Waals surface area contributed by atoms with Crippen LogP contribution in [0.5, 0.6) is 0 Å². The van der Waals surface area contributed by atoms with E-state index in [2.05, 4.69) is 17.9 Å². The third-order valence-corrected chi connectivity index (χ3v) is 1.54. The van der Waals surface area contributed by atoms with Crippen LogP contribution >= 0.6 is 0 Å². The highest BCUT2D eigenvalue weighted by molar-refractivity contribution is 5.28. The van der Waals surface area contributed by atoms with Crippen LogP contribution < -0.4 is 0 Å². The average Bonchev–Trinajstić information content (AvgIpc) is 2.00. The summed E-state index contributed by atoms with van der Waals surface area (Å²) >= 11 is 0. The van der Waals surface area contributed by atoms with Crippen LogP contribution in [0.4, 0.5) is 13.2 Å². The molecule has 0 aromatic carbocycles. The van der Waals surface area contributed by atoms with Gasteiger partial charge in [-0.25, -0.2) is 0 Å². The first-order chi connectivity index (χ1) is 6.31. The summed E-state index contributed by atoms with van der Waals surface area (Å²) in [7, 11) is 0. The van der Waals surface area contributed by atoms with Crippen LogP contribution in [0, 0.1) is 5.92 Å². The lowest BCUT2D eigenvalue weighted by Crippen LogP contribution is -2.14. The van der Waals surface area contributed by atoms with Gasteiger partial charge in [0.15, 0.2) is 0 Å². The van der Waals surface area contributed by atoms with E-state index in [1.807, 2.05) is 0 Å². The van der Waals surface area contributed by atoms with Gasteiger partial charge >= 0.3 is 6.36 Å². The second-order valence-electron chi connectivity index (χ2n) is 2.93. The molecule has 0 unspecified atom stereocenters. The number of hydrogen-bond acceptors (Lipinski definition) is 1. The van der Waals surface area contributed by atoms with E-state index >= 15 is 0 Å². The zero-order valence-electron chi connectivity index (χ0n) is 8.19. The molecule has 0 bridgehead atoms. The quantitative estimate of drug-likeness (QED) is 0.502. The van der Waals surface area contributed by atoms with Gasteiger partial charge in [-0.2, -0.15) is 0 Å². The van der Waals surface area contributed by atoms with Crippen LogP contribution in [-0.4, -0.2) is 6.36 Å². The van der Waals surface area contributed by atoms with Gasteiger partial charge < -0.3 is 4.74 Å². The molecule has 0 N–H and O–H groups in total. The zero-order chi connectivity index (χ0) is 11.4. The van der Waals surface area contributed by atoms with E-state index in [0.29, 0.717) is 5.57 Å². The van der Waals surface area contributed by atoms with Crippen molar-refractivity contribution < 1.29 is 17.9 Å². The van der Waals surface area contributed by atoms with Crippen molar-refractivity contribution in [2.45, 2.75) is 20.2 Å². The summed E-state index contributed by atoms with van der Waals surface area (Å²) in [6.07, 6.45) is -2.31. The minimum absolute atomic E-state index is 0.0946. The van der Waals surface area contributed by atoms with Crippen LogP contribution in [-0.2, 0) is 4.74 Å². The molecular formula is C10H13F3O. The average molecular weight is 206 g/mol. The van der Waals surface area contributed by atoms with Crippen molar-refractivity contribution in [3.8, 4) is 0 Å². The maximum atomic E-state index is 11.9. The van der Waals surface area contributed by atoms with E-state index in [0.717, 1.165) is 6.08 Å². The van der Waals surface area contributed by atoms with Gasteiger partial charge in [0.2, 0.25) is 0 Å². The van der Waals surface area contributed by atoms with Gasteiger partial charge in [0.1, 0.15) is 5.76 Å². The van der Waals surface area contributed by atoms with Gasteiger partial charge in [-0.15, -0.1) is 13.2 Å². The van der Waals surface area contributed by atoms with Crippen LogP contribution in [0.3, 0.4) is 0 Å². The van der Waals surface area contributed by atoms with Gasteiger partial charge in [0.05, 0.1) is 0 Å². The number of halogens is 3. The van der Waals surface area contributed by atoms with Gasteiger partial charge in [-0.3, -0.25) is 0 Å². The minimum atomic E-state index is -4.69. The fourth-order valence-electron chi connectivity index (χ4n) is 0.964. The molecule has 80 valence electrons. The maximum Gasteiger partial charge on any atom is 0.573 e. The normalized spacial score (nSPS) is 13.6. The second-order valence-corrected chi connectivity index (χ2v) is 2.93. The minimum Gasteiger partial charge on any atom is -0.406 e. The topological polar surface area (TPSA) is 9.23 Å². The molecule has 4 heteroatoms. The van der Waals surface area contributed by atoms with Crippen LogP contribution in [0.25, 0.3) is 0 Å². The van der Waals surface area contributed by atoms with Crippen LogP contribution in [0.2, 0.25) is 0 Å². The van der Waals surface area contributed by atoms with Gasteiger partial charge in [0, 0.05) is 0 Å². The Morgan fingerprint density at radius 3 is 1.93 bits per heavy atom. The van der Waals surface area contributed by atoms with Gasteiger partial charge in [-0.05, 0) is 17.6 Å². The first-order valence-electron chi connectivity index (χ1n) is 4.06. The van der Waals surface area contributed by atoms with Crippen molar-refractivity contribution in [2.75, 3.05) is 0 Å². The largest absolute Gasteiger partial charge is 0.573 e. The molecule has 0 atom stereocenters. The summed E-state index contributed by atoms with van der Waals surface area (Å²) in [4.78, 5) is 0. The molecular weight excluding hydrogens is 193 g/mol. The molecule has 0 radical (unpaired) electrons. The highest BCUT2D eigenvalue weighted by atomic mass is 19.4. The molecule has 0 saturated heterocycles. The number of alkyl halides is 3. The molecule has 0 spiro atoms. The predicted octanol–water partition coefficient (Wildman–Crippen LogP) is 3.80. The summed E-state index contributed by atoms with van der Waals surface area (Å²) in [5, 5.41) is 0. The molecule has 1 nitrogen and oxygen atoms in total. The smallest absolute Gasteiger partial charge is 0.406 e. The number of hydrogen-bond donors (Lipinski definition) is 0. The van der Waals surface area contributed by atoms with E-state index in [1.165, 1.54) is 6.08 Å². The summed E-state index contributed by atoms with van der Waals surface area (Å²) < 4.78 is 39.5. The maximum absolute atomic E-state index is 11.9. The lowest BCUT2D eigenvalue weighted by atomic mass is 10.0. The Hall–Kier alpha value is -1.19. The molecule has 0 saturated carbocycles. The van der Waals surface area contributed by atoms with Gasteiger partial charge in [0.25, 0.3) is 0 Å².